The summed E-state index contributed by atoms with van der Waals surface area (Å²) in [6, 6.07) is 1.20. The van der Waals surface area contributed by atoms with Gasteiger partial charge in [-0.1, -0.05) is 15.9 Å². The van der Waals surface area contributed by atoms with E-state index in [1.54, 1.807) is 0 Å². The third-order valence-corrected chi connectivity index (χ3v) is 1.72. The zero-order chi connectivity index (χ0) is 9.14. The molecule has 1 heterocycles. The number of halogens is 1. The van der Waals surface area contributed by atoms with Gasteiger partial charge in [-0.3, -0.25) is 9.89 Å². The van der Waals surface area contributed by atoms with E-state index >= 15 is 0 Å². The van der Waals surface area contributed by atoms with E-state index < -0.39 is 5.97 Å². The first-order valence-corrected chi connectivity index (χ1v) is 4.15. The summed E-state index contributed by atoms with van der Waals surface area (Å²) in [7, 11) is 0. The number of hydrogen-bond acceptors (Lipinski definition) is 3. The Bertz CT molecular complexity index is 320. The Balaban J connectivity index is 2.91. The van der Waals surface area contributed by atoms with E-state index in [1.165, 1.54) is 6.07 Å². The highest BCUT2D eigenvalue weighted by Gasteiger charge is 2.12. The Morgan fingerprint density at radius 2 is 2.33 bits per heavy atom. The normalized spacial score (nSPS) is 9.75. The number of carboxylic acid groups (broad SMARTS) is 1. The fourth-order valence-corrected chi connectivity index (χ4v) is 0.930. The second kappa shape index (κ2) is 3.48. The van der Waals surface area contributed by atoms with E-state index in [9.17, 15) is 9.59 Å². The minimum atomic E-state index is -1.13. The smallest absolute Gasteiger partial charge is 0.353 e. The van der Waals surface area contributed by atoms with E-state index in [2.05, 4.69) is 26.1 Å². The average molecular weight is 233 g/mol. The second-order valence-corrected chi connectivity index (χ2v) is 2.59. The van der Waals surface area contributed by atoms with Crippen molar-refractivity contribution in [3.63, 3.8) is 0 Å². The van der Waals surface area contributed by atoms with Crippen molar-refractivity contribution < 1.29 is 14.7 Å². The third kappa shape index (κ3) is 1.70. The number of hydrogen-bond donors (Lipinski definition) is 2. The molecule has 0 aliphatic heterocycles. The zero-order valence-corrected chi connectivity index (χ0v) is 7.46. The van der Waals surface area contributed by atoms with Crippen molar-refractivity contribution in [2.45, 2.75) is 0 Å². The number of nitrogens with zero attached hydrogens (tertiary/aromatic N) is 1. The quantitative estimate of drug-likeness (QED) is 0.594. The summed E-state index contributed by atoms with van der Waals surface area (Å²) in [5.41, 5.74) is 0.0450. The topological polar surface area (TPSA) is 83.0 Å². The van der Waals surface area contributed by atoms with Crippen molar-refractivity contribution in [1.29, 1.82) is 0 Å². The molecule has 0 fully saturated rings. The molecule has 0 radical (unpaired) electrons. The number of aromatic nitrogens is 2. The number of carbonyl (C=O) groups is 2. The summed E-state index contributed by atoms with van der Waals surface area (Å²) >= 11 is 2.95. The first-order valence-electron chi connectivity index (χ1n) is 3.03. The van der Waals surface area contributed by atoms with E-state index in [1.807, 2.05) is 0 Å². The van der Waals surface area contributed by atoms with Crippen LogP contribution in [0.3, 0.4) is 0 Å². The van der Waals surface area contributed by atoms with Crippen LogP contribution in [0.5, 0.6) is 0 Å². The number of carbonyl (C=O) groups excluding carboxylic acids is 1. The van der Waals surface area contributed by atoms with Crippen LogP contribution < -0.4 is 0 Å². The molecule has 0 aliphatic rings. The molecule has 0 spiro atoms. The van der Waals surface area contributed by atoms with Gasteiger partial charge in [0.2, 0.25) is 0 Å². The maximum absolute atomic E-state index is 10.9. The highest BCUT2D eigenvalue weighted by Crippen LogP contribution is 2.01. The molecule has 0 bridgehead atoms. The lowest BCUT2D eigenvalue weighted by Gasteiger charge is -1.84. The van der Waals surface area contributed by atoms with Crippen molar-refractivity contribution in [3.8, 4) is 0 Å². The number of Topliss-reactive ketones (excluding diaryl/α,β-unsaturated/α-hetero) is 1. The summed E-state index contributed by atoms with van der Waals surface area (Å²) in [4.78, 5) is 21.3. The van der Waals surface area contributed by atoms with Crippen LogP contribution in [0.4, 0.5) is 0 Å². The van der Waals surface area contributed by atoms with Crippen LogP contribution in [-0.2, 0) is 0 Å². The first-order chi connectivity index (χ1) is 5.65. The number of alkyl halides is 1. The maximum Gasteiger partial charge on any atom is 0.353 e. The fourth-order valence-electron chi connectivity index (χ4n) is 0.643. The third-order valence-electron chi connectivity index (χ3n) is 1.22. The molecule has 0 saturated carbocycles. The number of H-pyrrole nitrogens is 1. The van der Waals surface area contributed by atoms with Crippen molar-refractivity contribution in [2.75, 3.05) is 5.33 Å². The molecular weight excluding hydrogens is 228 g/mol. The standard InChI is InChI=1S/C6H5BrN2O3/c7-2-5(10)3-1-4(6(11)12)9-8-3/h1H,2H2,(H,8,9)(H,11,12). The molecule has 1 aromatic rings. The molecule has 12 heavy (non-hydrogen) atoms. The van der Waals surface area contributed by atoms with Crippen molar-refractivity contribution >= 4 is 27.7 Å². The SMILES string of the molecule is O=C(CBr)c1cc(C(=O)O)[nH]n1. The predicted octanol–water partition coefficient (Wildman–Crippen LogP) is 0.685. The van der Waals surface area contributed by atoms with E-state index in [4.69, 9.17) is 5.11 Å². The lowest BCUT2D eigenvalue weighted by atomic mass is 10.3. The van der Waals surface area contributed by atoms with E-state index in [0.717, 1.165) is 0 Å². The predicted molar refractivity (Wildman–Crippen MR) is 43.7 cm³/mol. The van der Waals surface area contributed by atoms with Gasteiger partial charge >= 0.3 is 5.97 Å². The van der Waals surface area contributed by atoms with Crippen LogP contribution in [0, 0.1) is 0 Å². The Morgan fingerprint density at radius 1 is 1.67 bits per heavy atom. The lowest BCUT2D eigenvalue weighted by molar-refractivity contribution is 0.0690. The summed E-state index contributed by atoms with van der Waals surface area (Å²) < 4.78 is 0. The van der Waals surface area contributed by atoms with Crippen LogP contribution in [-0.4, -0.2) is 32.4 Å². The van der Waals surface area contributed by atoms with Gasteiger partial charge in [0.25, 0.3) is 0 Å². The van der Waals surface area contributed by atoms with Gasteiger partial charge in [0.1, 0.15) is 11.4 Å². The molecule has 64 valence electrons. The largest absolute Gasteiger partial charge is 0.477 e. The van der Waals surface area contributed by atoms with Gasteiger partial charge in [-0.2, -0.15) is 5.10 Å². The van der Waals surface area contributed by atoms with Crippen molar-refractivity contribution in [1.82, 2.24) is 10.2 Å². The summed E-state index contributed by atoms with van der Waals surface area (Å²) in [6.45, 7) is 0. The number of aromatic carboxylic acids is 1. The Hall–Kier alpha value is -1.17. The molecule has 0 atom stereocenters. The van der Waals surface area contributed by atoms with Gasteiger partial charge in [0.15, 0.2) is 5.78 Å². The van der Waals surface area contributed by atoms with Crippen molar-refractivity contribution in [2.24, 2.45) is 0 Å². The summed E-state index contributed by atoms with van der Waals surface area (Å²) in [5.74, 6) is -1.38. The minimum Gasteiger partial charge on any atom is -0.477 e. The average Bonchev–Trinajstić information content (AvgIpc) is 2.51. The molecule has 0 aromatic carbocycles. The van der Waals surface area contributed by atoms with Gasteiger partial charge in [-0.25, -0.2) is 4.79 Å². The van der Waals surface area contributed by atoms with Crippen LogP contribution in [0.15, 0.2) is 6.07 Å². The van der Waals surface area contributed by atoms with Gasteiger partial charge < -0.3 is 5.11 Å². The van der Waals surface area contributed by atoms with Crippen LogP contribution in [0.2, 0.25) is 0 Å². The van der Waals surface area contributed by atoms with Gasteiger partial charge in [-0.15, -0.1) is 0 Å². The number of nitrogens with one attached hydrogen (secondary N) is 1. The number of ketones is 1. The van der Waals surface area contributed by atoms with Gasteiger partial charge in [0, 0.05) is 6.07 Å². The monoisotopic (exact) mass is 232 g/mol. The molecule has 0 aliphatic carbocycles. The highest BCUT2D eigenvalue weighted by atomic mass is 79.9. The molecule has 0 saturated heterocycles. The summed E-state index contributed by atoms with van der Waals surface area (Å²) in [5, 5.41) is 14.3. The van der Waals surface area contributed by atoms with Crippen LogP contribution >= 0.6 is 15.9 Å². The minimum absolute atomic E-state index is 0.0840. The number of aromatic amines is 1. The molecular formula is C6H5BrN2O3. The van der Waals surface area contributed by atoms with Crippen LogP contribution in [0.1, 0.15) is 21.0 Å². The molecule has 1 rings (SSSR count). The Labute approximate surface area is 75.9 Å². The van der Waals surface area contributed by atoms with Gasteiger partial charge in [0.05, 0.1) is 5.33 Å². The van der Waals surface area contributed by atoms with Gasteiger partial charge in [-0.05, 0) is 0 Å². The first kappa shape index (κ1) is 8.92. The number of carboxylic acids is 1. The number of rotatable bonds is 3. The molecule has 0 amide bonds. The van der Waals surface area contributed by atoms with Crippen molar-refractivity contribution in [3.05, 3.63) is 17.5 Å². The Kier molecular flexibility index (Phi) is 2.59. The molecule has 2 N–H and O–H groups in total. The van der Waals surface area contributed by atoms with E-state index in [0.29, 0.717) is 0 Å². The van der Waals surface area contributed by atoms with E-state index in [-0.39, 0.29) is 22.5 Å². The second-order valence-electron chi connectivity index (χ2n) is 2.03. The maximum atomic E-state index is 10.9. The Morgan fingerprint density at radius 3 is 2.75 bits per heavy atom. The molecule has 1 aromatic heterocycles. The fraction of sp³-hybridized carbons (Fsp3) is 0.167. The zero-order valence-electron chi connectivity index (χ0n) is 5.87. The van der Waals surface area contributed by atoms with Crippen LogP contribution in [0.25, 0.3) is 0 Å². The highest BCUT2D eigenvalue weighted by molar-refractivity contribution is 9.09. The molecule has 5 nitrogen and oxygen atoms in total. The molecule has 0 unspecified atom stereocenters. The lowest BCUT2D eigenvalue weighted by Crippen LogP contribution is -1.99. The molecule has 6 heteroatoms. The summed E-state index contributed by atoms with van der Waals surface area (Å²) in [6.07, 6.45) is 0.